The lowest BCUT2D eigenvalue weighted by Gasteiger charge is -2.20. The van der Waals surface area contributed by atoms with Crippen LogP contribution in [0.5, 0.6) is 0 Å². The van der Waals surface area contributed by atoms with Gasteiger partial charge in [-0.05, 0) is 60.2 Å². The Bertz CT molecular complexity index is 3420. The quantitative estimate of drug-likeness (QED) is 0.163. The van der Waals surface area contributed by atoms with Crippen LogP contribution in [0.2, 0.25) is 0 Å². The minimum absolute atomic E-state index is 0.564. The molecule has 0 unspecified atom stereocenters. The molecule has 0 spiro atoms. The highest BCUT2D eigenvalue weighted by Gasteiger charge is 2.23. The van der Waals surface area contributed by atoms with Crippen molar-refractivity contribution in [2.45, 2.75) is 0 Å². The van der Waals surface area contributed by atoms with Gasteiger partial charge in [0.25, 0.3) is 0 Å². The summed E-state index contributed by atoms with van der Waals surface area (Å²) in [7, 11) is 0. The number of benzene rings is 8. The molecule has 3 aromatic heterocycles. The Kier molecular flexibility index (Phi) is 6.61. The van der Waals surface area contributed by atoms with Crippen molar-refractivity contribution >= 4 is 76.8 Å². The molecule has 11 rings (SSSR count). The van der Waals surface area contributed by atoms with Crippen molar-refractivity contribution in [2.75, 3.05) is 0 Å². The van der Waals surface area contributed by atoms with Gasteiger partial charge < -0.3 is 13.7 Å². The van der Waals surface area contributed by atoms with Crippen LogP contribution in [0.25, 0.3) is 103 Å². The Morgan fingerprint density at radius 2 is 0.745 bits per heavy atom. The maximum atomic E-state index is 8.13. The molecule has 0 saturated carbocycles. The maximum absolute atomic E-state index is 8.13. The summed E-state index contributed by atoms with van der Waals surface area (Å²) >= 11 is 0. The zero-order valence-corrected chi connectivity index (χ0v) is 29.5. The lowest BCUT2D eigenvalue weighted by Crippen LogP contribution is -2.03. The number of aromatic nitrogens is 3. The Morgan fingerprint density at radius 1 is 0.309 bits per heavy atom. The second-order valence-electron chi connectivity index (χ2n) is 13.9. The van der Waals surface area contributed by atoms with E-state index in [1.165, 1.54) is 10.8 Å². The van der Waals surface area contributed by atoms with Crippen molar-refractivity contribution in [3.63, 3.8) is 0 Å². The highest BCUT2D eigenvalue weighted by molar-refractivity contribution is 6.16. The first-order chi connectivity index (χ1) is 27.2. The highest BCUT2D eigenvalue weighted by atomic mass is 15.1. The molecule has 5 heteroatoms. The van der Waals surface area contributed by atoms with Crippen molar-refractivity contribution in [1.82, 2.24) is 13.7 Å². The molecule has 0 radical (unpaired) electrons. The fourth-order valence-electron chi connectivity index (χ4n) is 8.80. The molecule has 0 bridgehead atoms. The molecule has 55 heavy (non-hydrogen) atoms. The van der Waals surface area contributed by atoms with Gasteiger partial charge in [0.1, 0.15) is 0 Å². The standard InChI is InChI=1S/C50H29N5/c1-51-32-27-29-47(41(30-32)38-18-7-11-23-45(38)54-44-22-10-5-16-36(44)39-28-26-33(52-2)31-49(39)54)55-46-24-12-6-17-37(46)40-19-13-25-48(50(40)55)53-42-20-8-3-14-34(42)35-15-4-9-21-43(35)53/h3-31H. The summed E-state index contributed by atoms with van der Waals surface area (Å²) in [6, 6.07) is 61.4. The van der Waals surface area contributed by atoms with Gasteiger partial charge in [0.15, 0.2) is 11.4 Å². The molecule has 0 amide bonds. The normalized spacial score (nSPS) is 11.6. The molecule has 11 aromatic rings. The molecule has 0 saturated heterocycles. The lowest BCUT2D eigenvalue weighted by atomic mass is 10.00. The molecule has 0 aliphatic heterocycles. The summed E-state index contributed by atoms with van der Waals surface area (Å²) in [5.41, 5.74) is 12.6. The van der Waals surface area contributed by atoms with E-state index in [0.717, 1.165) is 82.8 Å². The van der Waals surface area contributed by atoms with E-state index < -0.39 is 0 Å². The Hall–Kier alpha value is -7.86. The number of para-hydroxylation sites is 6. The first-order valence-electron chi connectivity index (χ1n) is 18.3. The number of hydrogen-bond acceptors (Lipinski definition) is 0. The first kappa shape index (κ1) is 30.7. The second kappa shape index (κ2) is 11.8. The molecule has 5 nitrogen and oxygen atoms in total. The summed E-state index contributed by atoms with van der Waals surface area (Å²) < 4.78 is 7.07. The van der Waals surface area contributed by atoms with Gasteiger partial charge in [0.2, 0.25) is 0 Å². The van der Waals surface area contributed by atoms with Crippen LogP contribution in [0.1, 0.15) is 0 Å². The lowest BCUT2D eigenvalue weighted by molar-refractivity contribution is 1.13. The largest absolute Gasteiger partial charge is 0.310 e. The molecule has 0 aliphatic rings. The third-order valence-electron chi connectivity index (χ3n) is 11.1. The molecule has 0 aliphatic carbocycles. The third kappa shape index (κ3) is 4.39. The molecule has 0 fully saturated rings. The second-order valence-corrected chi connectivity index (χ2v) is 13.9. The number of hydrogen-bond donors (Lipinski definition) is 0. The molecule has 254 valence electrons. The molecular formula is C50H29N5. The topological polar surface area (TPSA) is 23.5 Å². The van der Waals surface area contributed by atoms with E-state index in [0.29, 0.717) is 11.4 Å². The van der Waals surface area contributed by atoms with E-state index in [4.69, 9.17) is 13.1 Å². The van der Waals surface area contributed by atoms with Crippen LogP contribution in [0.15, 0.2) is 176 Å². The van der Waals surface area contributed by atoms with Crippen LogP contribution < -0.4 is 0 Å². The van der Waals surface area contributed by atoms with Crippen LogP contribution in [0, 0.1) is 13.1 Å². The van der Waals surface area contributed by atoms with E-state index in [1.807, 2.05) is 24.3 Å². The van der Waals surface area contributed by atoms with Crippen molar-refractivity contribution < 1.29 is 0 Å². The Labute approximate surface area is 316 Å². The molecule has 0 N–H and O–H groups in total. The maximum Gasteiger partial charge on any atom is 0.189 e. The minimum atomic E-state index is 0.564. The van der Waals surface area contributed by atoms with Crippen molar-refractivity contribution in [1.29, 1.82) is 0 Å². The van der Waals surface area contributed by atoms with E-state index in [1.54, 1.807) is 0 Å². The van der Waals surface area contributed by atoms with Crippen molar-refractivity contribution in [2.24, 2.45) is 0 Å². The summed E-state index contributed by atoms with van der Waals surface area (Å²) in [6.45, 7) is 16.0. The van der Waals surface area contributed by atoms with Crippen LogP contribution >= 0.6 is 0 Å². The Balaban J connectivity index is 1.27. The van der Waals surface area contributed by atoms with Gasteiger partial charge in [0, 0.05) is 43.4 Å². The van der Waals surface area contributed by atoms with Gasteiger partial charge in [-0.25, -0.2) is 9.69 Å². The van der Waals surface area contributed by atoms with E-state index in [-0.39, 0.29) is 0 Å². The van der Waals surface area contributed by atoms with E-state index >= 15 is 0 Å². The summed E-state index contributed by atoms with van der Waals surface area (Å²) in [5, 5.41) is 6.94. The third-order valence-corrected chi connectivity index (χ3v) is 11.1. The SMILES string of the molecule is [C-]#[N+]c1ccc(-n2c3ccccc3c3cccc(-n4c5ccccc5c5ccccc54)c32)c(-c2ccccc2-n2c3ccccc3c3ccc([N+]#[C-])cc32)c1. The first-order valence-corrected chi connectivity index (χ1v) is 18.3. The molecular weight excluding hydrogens is 671 g/mol. The predicted molar refractivity (Wildman–Crippen MR) is 227 cm³/mol. The van der Waals surface area contributed by atoms with E-state index in [2.05, 4.69) is 175 Å². The highest BCUT2D eigenvalue weighted by Crippen LogP contribution is 2.44. The molecule has 0 atom stereocenters. The summed E-state index contributed by atoms with van der Waals surface area (Å²) in [4.78, 5) is 7.74. The van der Waals surface area contributed by atoms with E-state index in [9.17, 15) is 0 Å². The van der Waals surface area contributed by atoms with Gasteiger partial charge in [-0.1, -0.05) is 121 Å². The van der Waals surface area contributed by atoms with Gasteiger partial charge in [-0.15, -0.1) is 0 Å². The summed E-state index contributed by atoms with van der Waals surface area (Å²) in [5.74, 6) is 0. The average molecular weight is 700 g/mol. The molecule has 8 aromatic carbocycles. The van der Waals surface area contributed by atoms with Crippen molar-refractivity contribution in [3.8, 4) is 28.2 Å². The van der Waals surface area contributed by atoms with Gasteiger partial charge in [-0.3, -0.25) is 0 Å². The molecule has 3 heterocycles. The number of nitrogens with zero attached hydrogens (tertiary/aromatic N) is 5. The average Bonchev–Trinajstić information content (AvgIpc) is 3.89. The van der Waals surface area contributed by atoms with Crippen LogP contribution in [0.3, 0.4) is 0 Å². The zero-order chi connectivity index (χ0) is 36.6. The monoisotopic (exact) mass is 699 g/mol. The van der Waals surface area contributed by atoms with Crippen LogP contribution in [0.4, 0.5) is 11.4 Å². The fourth-order valence-corrected chi connectivity index (χ4v) is 8.80. The Morgan fingerprint density at radius 3 is 1.38 bits per heavy atom. The van der Waals surface area contributed by atoms with Gasteiger partial charge >= 0.3 is 0 Å². The van der Waals surface area contributed by atoms with Crippen LogP contribution in [-0.4, -0.2) is 13.7 Å². The fraction of sp³-hybridized carbons (Fsp3) is 0. The van der Waals surface area contributed by atoms with Gasteiger partial charge in [0.05, 0.1) is 57.8 Å². The number of fused-ring (bicyclic) bond motifs is 9. The summed E-state index contributed by atoms with van der Waals surface area (Å²) in [6.07, 6.45) is 0. The van der Waals surface area contributed by atoms with Crippen LogP contribution in [-0.2, 0) is 0 Å². The predicted octanol–water partition coefficient (Wildman–Crippen LogP) is 13.7. The zero-order valence-electron chi connectivity index (χ0n) is 29.5. The number of rotatable bonds is 4. The minimum Gasteiger partial charge on any atom is -0.310 e. The smallest absolute Gasteiger partial charge is 0.189 e. The van der Waals surface area contributed by atoms with Gasteiger partial charge in [-0.2, -0.15) is 0 Å². The van der Waals surface area contributed by atoms with Crippen molar-refractivity contribution in [3.05, 3.63) is 199 Å².